The largest absolute Gasteiger partial charge is 0.489 e. The molecule has 1 aromatic carbocycles. The monoisotopic (exact) mass is 435 g/mol. The molecule has 0 bridgehead atoms. The van der Waals surface area contributed by atoms with Crippen molar-refractivity contribution in [2.24, 2.45) is 5.92 Å². The highest BCUT2D eigenvalue weighted by Crippen LogP contribution is 2.31. The molecule has 2 aliphatic rings. The van der Waals surface area contributed by atoms with Gasteiger partial charge in [-0.2, -0.15) is 5.26 Å². The first kappa shape index (κ1) is 21.7. The molecule has 2 amide bonds. The molecule has 0 radical (unpaired) electrons. The molecule has 0 spiro atoms. The number of hydrogen-bond acceptors (Lipinski definition) is 7. The number of nitriles is 1. The van der Waals surface area contributed by atoms with Crippen LogP contribution in [0.1, 0.15) is 38.2 Å². The Morgan fingerprint density at radius 2 is 2.09 bits per heavy atom. The number of likely N-dealkylation sites (tertiary alicyclic amines) is 1. The molecule has 1 aromatic heterocycles. The van der Waals surface area contributed by atoms with Crippen molar-refractivity contribution in [1.29, 1.82) is 5.26 Å². The molecule has 2 atom stereocenters. The summed E-state index contributed by atoms with van der Waals surface area (Å²) in [5.41, 5.74) is 1.69. The van der Waals surface area contributed by atoms with E-state index in [2.05, 4.69) is 21.4 Å². The molecule has 32 heavy (non-hydrogen) atoms. The SMILES string of the molecule is C[C@H]1C[C@@H](Oc2ccc(-c3cc(NC(=O)C4CC4)ncn3)cc2C#N)CCN1C(=O)CO. The average Bonchev–Trinajstić information content (AvgIpc) is 3.65. The van der Waals surface area contributed by atoms with Crippen molar-refractivity contribution in [3.8, 4) is 23.1 Å². The van der Waals surface area contributed by atoms with Gasteiger partial charge in [-0.1, -0.05) is 0 Å². The molecule has 1 aliphatic carbocycles. The Bertz CT molecular complexity index is 1060. The summed E-state index contributed by atoms with van der Waals surface area (Å²) < 4.78 is 6.10. The number of rotatable bonds is 6. The summed E-state index contributed by atoms with van der Waals surface area (Å²) in [5.74, 6) is 0.676. The number of hydrogen-bond donors (Lipinski definition) is 2. The number of nitrogens with one attached hydrogen (secondary N) is 1. The number of anilines is 1. The highest BCUT2D eigenvalue weighted by atomic mass is 16.5. The molecule has 2 heterocycles. The Labute approximate surface area is 186 Å². The third-order valence-electron chi connectivity index (χ3n) is 5.84. The number of nitrogens with zero attached hydrogens (tertiary/aromatic N) is 4. The third kappa shape index (κ3) is 4.86. The van der Waals surface area contributed by atoms with Crippen molar-refractivity contribution in [3.05, 3.63) is 36.2 Å². The quantitative estimate of drug-likeness (QED) is 0.711. The minimum Gasteiger partial charge on any atom is -0.489 e. The minimum atomic E-state index is -0.495. The van der Waals surface area contributed by atoms with Crippen molar-refractivity contribution in [2.45, 2.75) is 44.8 Å². The molecule has 1 saturated carbocycles. The van der Waals surface area contributed by atoms with Gasteiger partial charge in [-0.05, 0) is 38.0 Å². The van der Waals surface area contributed by atoms with E-state index in [9.17, 15) is 14.9 Å². The highest BCUT2D eigenvalue weighted by Gasteiger charge is 2.30. The van der Waals surface area contributed by atoms with Crippen molar-refractivity contribution in [3.63, 3.8) is 0 Å². The fourth-order valence-corrected chi connectivity index (χ4v) is 3.91. The van der Waals surface area contributed by atoms with E-state index in [1.807, 2.05) is 13.0 Å². The van der Waals surface area contributed by atoms with Crippen molar-refractivity contribution < 1.29 is 19.4 Å². The number of carbonyl (C=O) groups is 2. The summed E-state index contributed by atoms with van der Waals surface area (Å²) >= 11 is 0. The number of benzene rings is 1. The second-order valence-corrected chi connectivity index (χ2v) is 8.23. The summed E-state index contributed by atoms with van der Waals surface area (Å²) in [7, 11) is 0. The third-order valence-corrected chi connectivity index (χ3v) is 5.84. The van der Waals surface area contributed by atoms with Gasteiger partial charge in [0.1, 0.15) is 36.7 Å². The number of aromatic nitrogens is 2. The van der Waals surface area contributed by atoms with Gasteiger partial charge in [-0.25, -0.2) is 9.97 Å². The molecule has 0 unspecified atom stereocenters. The van der Waals surface area contributed by atoms with Gasteiger partial charge in [0.2, 0.25) is 11.8 Å². The van der Waals surface area contributed by atoms with Crippen molar-refractivity contribution in [2.75, 3.05) is 18.5 Å². The van der Waals surface area contributed by atoms with Crippen LogP contribution in [0.15, 0.2) is 30.6 Å². The summed E-state index contributed by atoms with van der Waals surface area (Å²) in [4.78, 5) is 33.8. The van der Waals surface area contributed by atoms with Crippen LogP contribution in [0, 0.1) is 17.2 Å². The van der Waals surface area contributed by atoms with E-state index in [0.29, 0.717) is 42.2 Å². The van der Waals surface area contributed by atoms with Crippen molar-refractivity contribution in [1.82, 2.24) is 14.9 Å². The van der Waals surface area contributed by atoms with Gasteiger partial charge in [0.05, 0.1) is 11.3 Å². The minimum absolute atomic E-state index is 0.0305. The molecule has 9 heteroatoms. The zero-order valence-electron chi connectivity index (χ0n) is 17.8. The lowest BCUT2D eigenvalue weighted by Crippen LogP contribution is -2.48. The zero-order chi connectivity index (χ0) is 22.7. The number of piperidine rings is 1. The molecule has 9 nitrogen and oxygen atoms in total. The van der Waals surface area contributed by atoms with Crippen LogP contribution in [0.5, 0.6) is 5.75 Å². The predicted octanol–water partition coefficient (Wildman–Crippen LogP) is 2.11. The molecule has 2 aromatic rings. The second-order valence-electron chi connectivity index (χ2n) is 8.23. The summed E-state index contributed by atoms with van der Waals surface area (Å²) in [6.07, 6.45) is 4.32. The molecule has 1 saturated heterocycles. The molecular weight excluding hydrogens is 410 g/mol. The highest BCUT2D eigenvalue weighted by molar-refractivity contribution is 5.93. The molecule has 1 aliphatic heterocycles. The lowest BCUT2D eigenvalue weighted by Gasteiger charge is -2.37. The van der Waals surface area contributed by atoms with Crippen LogP contribution in [0.3, 0.4) is 0 Å². The van der Waals surface area contributed by atoms with E-state index >= 15 is 0 Å². The maximum Gasteiger partial charge on any atom is 0.248 e. The molecule has 2 N–H and O–H groups in total. The van der Waals surface area contributed by atoms with Gasteiger partial charge in [0.25, 0.3) is 0 Å². The van der Waals surface area contributed by atoms with Crippen LogP contribution in [0.2, 0.25) is 0 Å². The summed E-state index contributed by atoms with van der Waals surface area (Å²) in [6.45, 7) is 1.93. The van der Waals surface area contributed by atoms with Gasteiger partial charge in [0.15, 0.2) is 0 Å². The van der Waals surface area contributed by atoms with Gasteiger partial charge >= 0.3 is 0 Å². The van der Waals surface area contributed by atoms with Crippen molar-refractivity contribution >= 4 is 17.6 Å². The van der Waals surface area contributed by atoms with Crippen LogP contribution in [-0.4, -0.2) is 57.1 Å². The Morgan fingerprint density at radius 1 is 1.28 bits per heavy atom. The van der Waals surface area contributed by atoms with E-state index in [1.165, 1.54) is 6.33 Å². The Morgan fingerprint density at radius 3 is 2.78 bits per heavy atom. The van der Waals surface area contributed by atoms with Crippen LogP contribution < -0.4 is 10.1 Å². The van der Waals surface area contributed by atoms with Crippen LogP contribution in [-0.2, 0) is 9.59 Å². The zero-order valence-corrected chi connectivity index (χ0v) is 17.8. The van der Waals surface area contributed by atoms with Gasteiger partial charge in [-0.3, -0.25) is 9.59 Å². The molecular formula is C23H25N5O4. The lowest BCUT2D eigenvalue weighted by molar-refractivity contribution is -0.138. The number of aliphatic hydroxyl groups is 1. The number of aliphatic hydroxyl groups excluding tert-OH is 1. The first-order valence-electron chi connectivity index (χ1n) is 10.7. The van der Waals surface area contributed by atoms with Gasteiger partial charge < -0.3 is 20.1 Å². The van der Waals surface area contributed by atoms with Crippen LogP contribution >= 0.6 is 0 Å². The Balaban J connectivity index is 1.46. The van der Waals surface area contributed by atoms with E-state index in [4.69, 9.17) is 9.84 Å². The molecule has 166 valence electrons. The normalized spacial score (nSPS) is 20.3. The first-order valence-corrected chi connectivity index (χ1v) is 10.7. The van der Waals surface area contributed by atoms with Crippen LogP contribution in [0.25, 0.3) is 11.3 Å². The summed E-state index contributed by atoms with van der Waals surface area (Å²) in [5, 5.41) is 21.6. The standard InChI is InChI=1S/C23H25N5O4/c1-14-8-18(6-7-28(14)22(30)12-29)32-20-5-4-16(9-17(20)11-24)19-10-21(26-13-25-19)27-23(31)15-2-3-15/h4-5,9-10,13-15,18,29H,2-3,6-8,12H2,1H3,(H,25,26,27,31)/t14-,18-/m0/s1. The number of amides is 2. The van der Waals surface area contributed by atoms with E-state index in [1.54, 1.807) is 23.1 Å². The molecule has 2 fully saturated rings. The Kier molecular flexibility index (Phi) is 6.32. The van der Waals surface area contributed by atoms with E-state index in [0.717, 1.165) is 18.4 Å². The van der Waals surface area contributed by atoms with E-state index in [-0.39, 0.29) is 29.9 Å². The Hall–Kier alpha value is -3.51. The maximum atomic E-state index is 12.0. The lowest BCUT2D eigenvalue weighted by atomic mass is 10.00. The number of carbonyl (C=O) groups excluding carboxylic acids is 2. The van der Waals surface area contributed by atoms with Gasteiger partial charge in [0, 0.05) is 43.0 Å². The smallest absolute Gasteiger partial charge is 0.248 e. The predicted molar refractivity (Wildman–Crippen MR) is 115 cm³/mol. The maximum absolute atomic E-state index is 12.0. The van der Waals surface area contributed by atoms with Crippen LogP contribution in [0.4, 0.5) is 5.82 Å². The second kappa shape index (κ2) is 9.32. The van der Waals surface area contributed by atoms with E-state index < -0.39 is 6.61 Å². The topological polar surface area (TPSA) is 128 Å². The average molecular weight is 435 g/mol. The number of ether oxygens (including phenoxy) is 1. The first-order chi connectivity index (χ1) is 15.5. The summed E-state index contributed by atoms with van der Waals surface area (Å²) in [6, 6.07) is 9.08. The van der Waals surface area contributed by atoms with Gasteiger partial charge in [-0.15, -0.1) is 0 Å². The fourth-order valence-electron chi connectivity index (χ4n) is 3.91. The fraction of sp³-hybridized carbons (Fsp3) is 0.435. The molecule has 4 rings (SSSR count).